The number of aryl methyl sites for hydroxylation is 2. The highest BCUT2D eigenvalue weighted by Crippen LogP contribution is 2.35. The first-order valence-electron chi connectivity index (χ1n) is 13.8. The first kappa shape index (κ1) is 35.1. The number of rotatable bonds is 11. The normalized spacial score (nSPS) is 11.0. The molecule has 15 nitrogen and oxygen atoms in total. The lowest BCUT2D eigenvalue weighted by Gasteiger charge is -2.13. The van der Waals surface area contributed by atoms with Gasteiger partial charge in [0.2, 0.25) is 0 Å². The SMILES string of the molecule is Cc1ccc(NCC(=O)c2cc(C(=O)Nc3ccc(C)cc3[N+](=O)[O-])cc(C(=O)Nc3ccc(C(F)(F)F)cc3[N+](=O)[O-])c2)c([N+](=O)[O-])c1. The largest absolute Gasteiger partial charge is 0.416 e. The number of alkyl halides is 3. The molecule has 0 saturated carbocycles. The summed E-state index contributed by atoms with van der Waals surface area (Å²) in [4.78, 5) is 72.0. The van der Waals surface area contributed by atoms with Crippen LogP contribution in [0.2, 0.25) is 0 Å². The topological polar surface area (TPSA) is 217 Å². The maximum absolute atomic E-state index is 13.3. The van der Waals surface area contributed by atoms with Gasteiger partial charge in [-0.25, -0.2) is 0 Å². The van der Waals surface area contributed by atoms with E-state index in [4.69, 9.17) is 0 Å². The molecular formula is C31H23F3N6O9. The standard InChI is InChI=1S/C31H23F3N6O9/c1-16-3-6-22(25(9-16)38(44)45)35-15-28(41)18-11-19(29(42)36-23-7-4-17(2)10-26(23)39(46)47)13-20(12-18)30(43)37-24-8-5-21(31(32,33)34)14-27(24)40(48)49/h3-14,35H,15H2,1-2H3,(H,36,42)(H,37,43). The van der Waals surface area contributed by atoms with Crippen LogP contribution in [0.1, 0.15) is 47.8 Å². The molecule has 0 aromatic heterocycles. The van der Waals surface area contributed by atoms with E-state index in [1.54, 1.807) is 19.9 Å². The Morgan fingerprint density at radius 1 is 0.612 bits per heavy atom. The maximum Gasteiger partial charge on any atom is 0.416 e. The average Bonchev–Trinajstić information content (AvgIpc) is 3.03. The Kier molecular flexibility index (Phi) is 10.0. The summed E-state index contributed by atoms with van der Waals surface area (Å²) in [6, 6.07) is 12.5. The van der Waals surface area contributed by atoms with Crippen molar-refractivity contribution in [2.45, 2.75) is 20.0 Å². The molecule has 0 aliphatic rings. The molecule has 49 heavy (non-hydrogen) atoms. The smallest absolute Gasteiger partial charge is 0.372 e. The fraction of sp³-hybridized carbons (Fsp3) is 0.129. The zero-order valence-corrected chi connectivity index (χ0v) is 25.3. The van der Waals surface area contributed by atoms with Crippen LogP contribution in [0, 0.1) is 44.2 Å². The van der Waals surface area contributed by atoms with E-state index in [9.17, 15) is 57.9 Å². The van der Waals surface area contributed by atoms with Gasteiger partial charge in [0.1, 0.15) is 17.1 Å². The highest BCUT2D eigenvalue weighted by atomic mass is 19.4. The van der Waals surface area contributed by atoms with Crippen molar-refractivity contribution in [2.24, 2.45) is 0 Å². The molecule has 3 N–H and O–H groups in total. The molecule has 4 rings (SSSR count). The van der Waals surface area contributed by atoms with Gasteiger partial charge in [-0.2, -0.15) is 13.2 Å². The average molecular weight is 681 g/mol. The van der Waals surface area contributed by atoms with Crippen LogP contribution in [0.5, 0.6) is 0 Å². The molecule has 0 bridgehead atoms. The van der Waals surface area contributed by atoms with E-state index in [0.29, 0.717) is 23.3 Å². The third-order valence-electron chi connectivity index (χ3n) is 6.94. The number of ketones is 1. The minimum atomic E-state index is -4.93. The zero-order valence-electron chi connectivity index (χ0n) is 25.3. The van der Waals surface area contributed by atoms with Crippen molar-refractivity contribution < 1.29 is 42.3 Å². The first-order chi connectivity index (χ1) is 22.9. The third kappa shape index (κ3) is 8.36. The third-order valence-corrected chi connectivity index (χ3v) is 6.94. The number of nitro benzene ring substituents is 3. The van der Waals surface area contributed by atoms with Crippen molar-refractivity contribution in [3.63, 3.8) is 0 Å². The zero-order chi connectivity index (χ0) is 36.2. The van der Waals surface area contributed by atoms with Gasteiger partial charge >= 0.3 is 6.18 Å². The van der Waals surface area contributed by atoms with E-state index in [0.717, 1.165) is 18.2 Å². The second-order valence-corrected chi connectivity index (χ2v) is 10.5. The van der Waals surface area contributed by atoms with Crippen molar-refractivity contribution in [3.8, 4) is 0 Å². The number of hydrogen-bond acceptors (Lipinski definition) is 10. The van der Waals surface area contributed by atoms with Gasteiger partial charge in [-0.05, 0) is 67.4 Å². The van der Waals surface area contributed by atoms with Crippen molar-refractivity contribution >= 4 is 51.7 Å². The first-order valence-corrected chi connectivity index (χ1v) is 13.8. The van der Waals surface area contributed by atoms with Gasteiger partial charge in [-0.15, -0.1) is 0 Å². The summed E-state index contributed by atoms with van der Waals surface area (Å²) in [7, 11) is 0. The molecule has 0 radical (unpaired) electrons. The molecule has 4 aromatic carbocycles. The molecule has 0 aliphatic carbocycles. The lowest BCUT2D eigenvalue weighted by atomic mass is 10.0. The Balaban J connectivity index is 1.73. The second-order valence-electron chi connectivity index (χ2n) is 10.5. The molecule has 4 aromatic rings. The Bertz CT molecular complexity index is 2050. The van der Waals surface area contributed by atoms with Gasteiger partial charge < -0.3 is 16.0 Å². The van der Waals surface area contributed by atoms with Crippen molar-refractivity contribution in [1.82, 2.24) is 0 Å². The molecule has 0 atom stereocenters. The summed E-state index contributed by atoms with van der Waals surface area (Å²) in [6.07, 6.45) is -4.93. The van der Waals surface area contributed by atoms with E-state index < -0.39 is 73.3 Å². The van der Waals surface area contributed by atoms with Crippen molar-refractivity contribution in [2.75, 3.05) is 22.5 Å². The van der Waals surface area contributed by atoms with Crippen LogP contribution in [0.4, 0.5) is 47.3 Å². The van der Waals surface area contributed by atoms with Crippen LogP contribution in [0.25, 0.3) is 0 Å². The van der Waals surface area contributed by atoms with E-state index >= 15 is 0 Å². The van der Waals surface area contributed by atoms with Gasteiger partial charge in [0.05, 0.1) is 26.9 Å². The van der Waals surface area contributed by atoms with E-state index in [1.165, 1.54) is 30.3 Å². The van der Waals surface area contributed by atoms with Crippen LogP contribution >= 0.6 is 0 Å². The molecule has 0 aliphatic heterocycles. The number of benzene rings is 4. The molecule has 0 spiro atoms. The Morgan fingerprint density at radius 3 is 1.49 bits per heavy atom. The Hall–Kier alpha value is -6.72. The highest BCUT2D eigenvalue weighted by Gasteiger charge is 2.33. The number of nitrogens with zero attached hydrogens (tertiary/aromatic N) is 3. The van der Waals surface area contributed by atoms with E-state index in [-0.39, 0.29) is 34.3 Å². The van der Waals surface area contributed by atoms with Crippen molar-refractivity contribution in [1.29, 1.82) is 0 Å². The van der Waals surface area contributed by atoms with Gasteiger partial charge in [0.25, 0.3) is 28.9 Å². The fourth-order valence-electron chi connectivity index (χ4n) is 4.52. The quantitative estimate of drug-likeness (QED) is 0.0850. The molecule has 18 heteroatoms. The summed E-state index contributed by atoms with van der Waals surface area (Å²) in [6.45, 7) is 2.62. The number of carbonyl (C=O) groups is 3. The summed E-state index contributed by atoms with van der Waals surface area (Å²) in [5.41, 5.74) is -4.17. The molecule has 0 fully saturated rings. The Morgan fingerprint density at radius 2 is 1.02 bits per heavy atom. The number of Topliss-reactive ketones (excluding diaryl/α,β-unsaturated/α-hetero) is 1. The molecule has 0 heterocycles. The van der Waals surface area contributed by atoms with Crippen LogP contribution in [0.15, 0.2) is 72.8 Å². The number of anilines is 3. The van der Waals surface area contributed by atoms with Gasteiger partial charge in [-0.1, -0.05) is 12.1 Å². The number of hydrogen-bond donors (Lipinski definition) is 3. The summed E-state index contributed by atoms with van der Waals surface area (Å²) >= 11 is 0. The minimum Gasteiger partial charge on any atom is -0.372 e. The Labute approximate surface area is 273 Å². The minimum absolute atomic E-state index is 0.0166. The predicted molar refractivity (Wildman–Crippen MR) is 169 cm³/mol. The second kappa shape index (κ2) is 14.0. The van der Waals surface area contributed by atoms with Gasteiger partial charge in [-0.3, -0.25) is 44.7 Å². The van der Waals surface area contributed by atoms with E-state index in [1.807, 2.05) is 0 Å². The van der Waals surface area contributed by atoms with Crippen LogP contribution < -0.4 is 16.0 Å². The molecular weight excluding hydrogens is 657 g/mol. The summed E-state index contributed by atoms with van der Waals surface area (Å²) < 4.78 is 39.5. The highest BCUT2D eigenvalue weighted by molar-refractivity contribution is 6.12. The molecule has 0 saturated heterocycles. The number of amides is 2. The fourth-order valence-corrected chi connectivity index (χ4v) is 4.52. The van der Waals surface area contributed by atoms with Crippen LogP contribution in [-0.2, 0) is 6.18 Å². The van der Waals surface area contributed by atoms with E-state index in [2.05, 4.69) is 16.0 Å². The summed E-state index contributed by atoms with van der Waals surface area (Å²) in [5.74, 6) is -2.98. The predicted octanol–water partition coefficient (Wildman–Crippen LogP) is 6.85. The van der Waals surface area contributed by atoms with Crippen LogP contribution in [0.3, 0.4) is 0 Å². The number of halogens is 3. The monoisotopic (exact) mass is 680 g/mol. The van der Waals surface area contributed by atoms with Crippen molar-refractivity contribution in [3.05, 3.63) is 137 Å². The number of nitrogens with one attached hydrogen (secondary N) is 3. The number of nitro groups is 3. The molecule has 252 valence electrons. The lowest BCUT2D eigenvalue weighted by Crippen LogP contribution is -2.20. The number of carbonyl (C=O) groups excluding carboxylic acids is 3. The maximum atomic E-state index is 13.3. The lowest BCUT2D eigenvalue weighted by molar-refractivity contribution is -0.384. The molecule has 2 amide bonds. The summed E-state index contributed by atoms with van der Waals surface area (Å²) in [5, 5.41) is 41.7. The molecule has 0 unspecified atom stereocenters. The van der Waals surface area contributed by atoms with Crippen LogP contribution in [-0.4, -0.2) is 38.9 Å². The van der Waals surface area contributed by atoms with Gasteiger partial charge in [0.15, 0.2) is 5.78 Å². The van der Waals surface area contributed by atoms with Gasteiger partial charge in [0, 0.05) is 34.9 Å².